The van der Waals surface area contributed by atoms with Crippen LogP contribution < -0.4 is 0 Å². The first-order valence-corrected chi connectivity index (χ1v) is 4.04. The lowest BCUT2D eigenvalue weighted by Gasteiger charge is -1.96. The smallest absolute Gasteiger partial charge is 0.128 e. The van der Waals surface area contributed by atoms with E-state index in [0.717, 1.165) is 0 Å². The topological polar surface area (TPSA) is 70.5 Å². The molecule has 14 heavy (non-hydrogen) atoms. The molecule has 0 saturated carbocycles. The van der Waals surface area contributed by atoms with E-state index < -0.39 is 0 Å². The molecule has 0 aliphatic heterocycles. The molecule has 5 nitrogen and oxygen atoms in total. The van der Waals surface area contributed by atoms with Crippen LogP contribution in [0.15, 0.2) is 23.6 Å². The minimum atomic E-state index is 0.231. The molecule has 0 N–H and O–H groups in total. The number of nitrogens with zero attached hydrogens (tertiary/aromatic N) is 4. The summed E-state index contributed by atoms with van der Waals surface area (Å²) in [6.45, 7) is 0. The molecule has 0 spiro atoms. The number of fused-ring (bicyclic) bond motifs is 1. The summed E-state index contributed by atoms with van der Waals surface area (Å²) in [5, 5.41) is 15.6. The van der Waals surface area contributed by atoms with Crippen molar-refractivity contribution in [3.8, 4) is 6.07 Å². The van der Waals surface area contributed by atoms with Crippen molar-refractivity contribution in [1.29, 1.82) is 5.26 Å². The van der Waals surface area contributed by atoms with Crippen molar-refractivity contribution < 1.29 is 0 Å². The number of nitroso groups, excluding NO2 is 1. The lowest BCUT2D eigenvalue weighted by molar-refractivity contribution is 0.937. The minimum absolute atomic E-state index is 0.231. The predicted molar refractivity (Wildman–Crippen MR) is 50.4 cm³/mol. The first-order chi connectivity index (χ1) is 6.76. The van der Waals surface area contributed by atoms with Crippen LogP contribution in [0.4, 0.5) is 5.69 Å². The van der Waals surface area contributed by atoms with Gasteiger partial charge in [-0.3, -0.25) is 0 Å². The molecule has 0 fully saturated rings. The Balaban J connectivity index is 2.83. The van der Waals surface area contributed by atoms with Crippen LogP contribution in [0.2, 0.25) is 5.02 Å². The van der Waals surface area contributed by atoms with Gasteiger partial charge in [0.15, 0.2) is 0 Å². The molecule has 0 radical (unpaired) electrons. The van der Waals surface area contributed by atoms with E-state index in [1.54, 1.807) is 0 Å². The van der Waals surface area contributed by atoms with Crippen molar-refractivity contribution in [2.24, 2.45) is 5.18 Å². The Morgan fingerprint density at radius 1 is 1.64 bits per heavy atom. The standard InChI is InChI=1S/C8H3ClN4O/c9-8-5(2-10)3-11-13-4-6(12-14)1-7(8)13/h1,3-4H. The van der Waals surface area contributed by atoms with Gasteiger partial charge in [-0.15, -0.1) is 4.91 Å². The van der Waals surface area contributed by atoms with E-state index in [-0.39, 0.29) is 16.3 Å². The fourth-order valence-electron chi connectivity index (χ4n) is 1.14. The summed E-state index contributed by atoms with van der Waals surface area (Å²) in [7, 11) is 0. The van der Waals surface area contributed by atoms with Crippen molar-refractivity contribution in [1.82, 2.24) is 9.61 Å². The number of halogens is 1. The molecule has 0 aromatic carbocycles. The average molecular weight is 207 g/mol. The third-order valence-electron chi connectivity index (χ3n) is 1.78. The molecule has 2 heterocycles. The Labute approximate surface area is 83.5 Å². The molecular formula is C8H3ClN4O. The molecular weight excluding hydrogens is 204 g/mol. The number of hydrogen-bond donors (Lipinski definition) is 0. The van der Waals surface area contributed by atoms with Crippen LogP contribution in [0.1, 0.15) is 5.56 Å². The Kier molecular flexibility index (Phi) is 1.91. The highest BCUT2D eigenvalue weighted by Crippen LogP contribution is 2.25. The van der Waals surface area contributed by atoms with Crippen LogP contribution in [-0.4, -0.2) is 9.61 Å². The molecule has 0 bridgehead atoms. The summed E-state index contributed by atoms with van der Waals surface area (Å²) in [6.07, 6.45) is 2.78. The second-order valence-electron chi connectivity index (χ2n) is 2.60. The molecule has 0 unspecified atom stereocenters. The maximum atomic E-state index is 10.2. The van der Waals surface area contributed by atoms with Gasteiger partial charge in [-0.05, 0) is 11.2 Å². The molecule has 68 valence electrons. The van der Waals surface area contributed by atoms with Crippen LogP contribution in [0.3, 0.4) is 0 Å². The SMILES string of the molecule is N#Cc1cnn2cc(N=O)cc2c1Cl. The van der Waals surface area contributed by atoms with Gasteiger partial charge in [-0.2, -0.15) is 10.4 Å². The van der Waals surface area contributed by atoms with Crippen molar-refractivity contribution in [2.45, 2.75) is 0 Å². The third-order valence-corrected chi connectivity index (χ3v) is 2.18. The number of hydrogen-bond acceptors (Lipinski definition) is 4. The first-order valence-electron chi connectivity index (χ1n) is 3.66. The van der Waals surface area contributed by atoms with Crippen molar-refractivity contribution in [3.63, 3.8) is 0 Å². The number of rotatable bonds is 1. The Morgan fingerprint density at radius 2 is 2.43 bits per heavy atom. The molecule has 6 heteroatoms. The zero-order valence-corrected chi connectivity index (χ0v) is 7.56. The van der Waals surface area contributed by atoms with Gasteiger partial charge in [0.2, 0.25) is 0 Å². The third kappa shape index (κ3) is 1.13. The molecule has 0 saturated heterocycles. The van der Waals surface area contributed by atoms with E-state index in [0.29, 0.717) is 5.52 Å². The molecule has 0 amide bonds. The summed E-state index contributed by atoms with van der Waals surface area (Å²) in [5.74, 6) is 0. The van der Waals surface area contributed by atoms with Crippen LogP contribution in [0.5, 0.6) is 0 Å². The van der Waals surface area contributed by atoms with E-state index in [9.17, 15) is 4.91 Å². The Hall–Kier alpha value is -1.93. The summed E-state index contributed by atoms with van der Waals surface area (Å²) >= 11 is 5.88. The van der Waals surface area contributed by atoms with Crippen molar-refractivity contribution in [3.05, 3.63) is 34.0 Å². The first kappa shape index (κ1) is 8.66. The van der Waals surface area contributed by atoms with Gasteiger partial charge < -0.3 is 0 Å². The quantitative estimate of drug-likeness (QED) is 0.672. The van der Waals surface area contributed by atoms with Crippen molar-refractivity contribution in [2.75, 3.05) is 0 Å². The van der Waals surface area contributed by atoms with E-state index in [1.807, 2.05) is 6.07 Å². The van der Waals surface area contributed by atoms with Crippen LogP contribution in [0.25, 0.3) is 5.52 Å². The number of nitriles is 1. The molecule has 2 aromatic rings. The second kappa shape index (κ2) is 3.09. The zero-order valence-electron chi connectivity index (χ0n) is 6.81. The van der Waals surface area contributed by atoms with Gasteiger partial charge in [0.25, 0.3) is 0 Å². The van der Waals surface area contributed by atoms with Gasteiger partial charge in [0.1, 0.15) is 11.8 Å². The van der Waals surface area contributed by atoms with Crippen LogP contribution >= 0.6 is 11.6 Å². The van der Waals surface area contributed by atoms with E-state index >= 15 is 0 Å². The fraction of sp³-hybridized carbons (Fsp3) is 0. The second-order valence-corrected chi connectivity index (χ2v) is 2.98. The molecule has 2 rings (SSSR count). The van der Waals surface area contributed by atoms with Gasteiger partial charge in [-0.1, -0.05) is 11.6 Å². The monoisotopic (exact) mass is 206 g/mol. The largest absolute Gasteiger partial charge is 0.237 e. The highest BCUT2D eigenvalue weighted by atomic mass is 35.5. The fourth-order valence-corrected chi connectivity index (χ4v) is 1.37. The van der Waals surface area contributed by atoms with Crippen LogP contribution in [-0.2, 0) is 0 Å². The summed E-state index contributed by atoms with van der Waals surface area (Å²) in [5.41, 5.74) is 1.00. The average Bonchev–Trinajstić information content (AvgIpc) is 2.62. The maximum Gasteiger partial charge on any atom is 0.128 e. The maximum absolute atomic E-state index is 10.2. The van der Waals surface area contributed by atoms with E-state index in [2.05, 4.69) is 10.3 Å². The highest BCUT2D eigenvalue weighted by molar-refractivity contribution is 6.35. The highest BCUT2D eigenvalue weighted by Gasteiger charge is 2.08. The van der Waals surface area contributed by atoms with Gasteiger partial charge >= 0.3 is 0 Å². The van der Waals surface area contributed by atoms with Gasteiger partial charge in [-0.25, -0.2) is 4.52 Å². The zero-order chi connectivity index (χ0) is 10.1. The van der Waals surface area contributed by atoms with Crippen molar-refractivity contribution >= 4 is 22.8 Å². The summed E-state index contributed by atoms with van der Waals surface area (Å²) < 4.78 is 1.40. The predicted octanol–water partition coefficient (Wildman–Crippen LogP) is 2.26. The molecule has 0 aliphatic rings. The summed E-state index contributed by atoms with van der Waals surface area (Å²) in [4.78, 5) is 10.2. The lowest BCUT2D eigenvalue weighted by atomic mass is 10.3. The van der Waals surface area contributed by atoms with Gasteiger partial charge in [0.05, 0.1) is 28.5 Å². The minimum Gasteiger partial charge on any atom is -0.237 e. The van der Waals surface area contributed by atoms with E-state index in [4.69, 9.17) is 16.9 Å². The number of aromatic nitrogens is 2. The molecule has 0 atom stereocenters. The van der Waals surface area contributed by atoms with Crippen LogP contribution in [0, 0.1) is 16.2 Å². The summed E-state index contributed by atoms with van der Waals surface area (Å²) in [6, 6.07) is 3.37. The Bertz CT molecular complexity index is 554. The molecule has 0 aliphatic carbocycles. The normalized spacial score (nSPS) is 10.0. The lowest BCUT2D eigenvalue weighted by Crippen LogP contribution is -1.91. The van der Waals surface area contributed by atoms with Gasteiger partial charge in [0, 0.05) is 0 Å². The molecule has 2 aromatic heterocycles. The Morgan fingerprint density at radius 3 is 3.07 bits per heavy atom. The van der Waals surface area contributed by atoms with E-state index in [1.165, 1.54) is 23.0 Å².